The first-order valence-electron chi connectivity index (χ1n) is 14.7. The van der Waals surface area contributed by atoms with Crippen LogP contribution in [0, 0.1) is 0 Å². The van der Waals surface area contributed by atoms with Crippen molar-refractivity contribution in [3.63, 3.8) is 0 Å². The second-order valence-corrected chi connectivity index (χ2v) is 10.3. The zero-order chi connectivity index (χ0) is 31.0. The van der Waals surface area contributed by atoms with Crippen molar-refractivity contribution >= 4 is 40.6 Å². The Morgan fingerprint density at radius 3 is 2.44 bits per heavy atom. The van der Waals surface area contributed by atoms with Crippen LogP contribution in [0.15, 0.2) is 157 Å². The van der Waals surface area contributed by atoms with E-state index in [1.54, 1.807) is 0 Å². The first-order chi connectivity index (χ1) is 21.2. The van der Waals surface area contributed by atoms with Crippen LogP contribution in [0.5, 0.6) is 0 Å². The standard InChI is InChI=1S/C35H33N3S.C2H6.C2H4/c1-3-5-7-18-28(29-19-9-11-22-32(29)37-36)27(15-6-4-2)25-38-33-23-12-10-20-30(33)31-21-14-17-26-16-8-13-24-34(26)39-35(31)38;2*1-2/h3-16,18-25,28,37H,2,17,36H2,1H3;1-2H3;1-2H2/b5-3-,15-6-,18-7-,21-14-,27-25+;;. The molecule has 3 N–H and O–H groups in total. The van der Waals surface area contributed by atoms with E-state index in [2.05, 4.69) is 133 Å². The number of aromatic nitrogens is 1. The van der Waals surface area contributed by atoms with Crippen LogP contribution in [-0.2, 0) is 6.42 Å². The largest absolute Gasteiger partial charge is 0.324 e. The average molecular weight is 586 g/mol. The van der Waals surface area contributed by atoms with Gasteiger partial charge in [-0.2, -0.15) is 0 Å². The molecule has 3 nitrogen and oxygen atoms in total. The van der Waals surface area contributed by atoms with Gasteiger partial charge in [0.1, 0.15) is 0 Å². The second-order valence-electron chi connectivity index (χ2n) is 9.27. The molecule has 1 aromatic heterocycles. The number of para-hydroxylation sites is 2. The van der Waals surface area contributed by atoms with Crippen LogP contribution >= 0.6 is 11.8 Å². The van der Waals surface area contributed by atoms with Gasteiger partial charge in [0.2, 0.25) is 0 Å². The molecule has 43 heavy (non-hydrogen) atoms. The van der Waals surface area contributed by atoms with Crippen LogP contribution in [-0.4, -0.2) is 4.57 Å². The molecular formula is C39H43N3S. The van der Waals surface area contributed by atoms with Gasteiger partial charge < -0.3 is 9.99 Å². The zero-order valence-corrected chi connectivity index (χ0v) is 26.4. The molecule has 0 spiro atoms. The molecule has 0 amide bonds. The second kappa shape index (κ2) is 17.4. The topological polar surface area (TPSA) is 43.0 Å². The molecule has 0 saturated heterocycles. The lowest BCUT2D eigenvalue weighted by molar-refractivity contribution is 0.984. The lowest BCUT2D eigenvalue weighted by atomic mass is 9.89. The number of nitrogens with one attached hydrogen (secondary N) is 1. The van der Waals surface area contributed by atoms with Gasteiger partial charge >= 0.3 is 0 Å². The number of hydrazine groups is 1. The van der Waals surface area contributed by atoms with Crippen LogP contribution in [0.2, 0.25) is 0 Å². The van der Waals surface area contributed by atoms with Gasteiger partial charge in [0.15, 0.2) is 0 Å². The molecule has 4 aromatic rings. The summed E-state index contributed by atoms with van der Waals surface area (Å²) in [6.07, 6.45) is 22.1. The Hall–Kier alpha value is -4.51. The number of nitrogen functional groups attached to an aromatic ring is 1. The monoisotopic (exact) mass is 585 g/mol. The van der Waals surface area contributed by atoms with E-state index in [4.69, 9.17) is 5.84 Å². The molecule has 220 valence electrons. The van der Waals surface area contributed by atoms with Crippen molar-refractivity contribution in [2.45, 2.75) is 43.0 Å². The minimum atomic E-state index is -0.0529. The van der Waals surface area contributed by atoms with Gasteiger partial charge in [0.25, 0.3) is 0 Å². The maximum absolute atomic E-state index is 5.96. The van der Waals surface area contributed by atoms with Gasteiger partial charge in [-0.05, 0) is 48.2 Å². The first kappa shape index (κ1) is 33.0. The number of allylic oxidation sites excluding steroid dienone is 9. The van der Waals surface area contributed by atoms with E-state index >= 15 is 0 Å². The van der Waals surface area contributed by atoms with E-state index in [9.17, 15) is 0 Å². The minimum Gasteiger partial charge on any atom is -0.324 e. The van der Waals surface area contributed by atoms with E-state index in [-0.39, 0.29) is 5.92 Å². The van der Waals surface area contributed by atoms with Crippen LogP contribution in [0.25, 0.3) is 23.2 Å². The highest BCUT2D eigenvalue weighted by Crippen LogP contribution is 2.42. The Kier molecular flexibility index (Phi) is 13.4. The van der Waals surface area contributed by atoms with Gasteiger partial charge in [-0.3, -0.25) is 5.84 Å². The van der Waals surface area contributed by atoms with E-state index in [1.807, 2.05) is 62.9 Å². The highest BCUT2D eigenvalue weighted by Gasteiger charge is 2.21. The summed E-state index contributed by atoms with van der Waals surface area (Å²) in [5.74, 6) is 5.91. The Morgan fingerprint density at radius 2 is 1.67 bits per heavy atom. The quantitative estimate of drug-likeness (QED) is 0.0935. The number of rotatable bonds is 8. The summed E-state index contributed by atoms with van der Waals surface area (Å²) in [6, 6.07) is 25.5. The Bertz CT molecular complexity index is 1650. The van der Waals surface area contributed by atoms with Crippen molar-refractivity contribution in [3.8, 4) is 0 Å². The maximum atomic E-state index is 5.96. The molecule has 0 fully saturated rings. The summed E-state index contributed by atoms with van der Waals surface area (Å²) in [4.78, 5) is 1.28. The third kappa shape index (κ3) is 7.86. The molecule has 2 heterocycles. The lowest BCUT2D eigenvalue weighted by Gasteiger charge is -2.20. The molecule has 0 aliphatic carbocycles. The van der Waals surface area contributed by atoms with Crippen molar-refractivity contribution in [1.29, 1.82) is 0 Å². The fourth-order valence-electron chi connectivity index (χ4n) is 4.97. The van der Waals surface area contributed by atoms with E-state index in [0.29, 0.717) is 0 Å². The molecule has 1 aliphatic heterocycles. The summed E-state index contributed by atoms with van der Waals surface area (Å²) in [5.41, 5.74) is 9.76. The Labute approximate surface area is 262 Å². The minimum absolute atomic E-state index is 0.0529. The number of hydrogen-bond donors (Lipinski definition) is 2. The number of benzene rings is 3. The fraction of sp³-hybridized carbons (Fsp3) is 0.128. The van der Waals surface area contributed by atoms with E-state index < -0.39 is 0 Å². The average Bonchev–Trinajstić information content (AvgIpc) is 3.33. The van der Waals surface area contributed by atoms with E-state index in [0.717, 1.165) is 23.2 Å². The number of nitrogens with zero attached hydrogens (tertiary/aromatic N) is 1. The lowest BCUT2D eigenvalue weighted by Crippen LogP contribution is -2.11. The molecular weight excluding hydrogens is 543 g/mol. The molecule has 1 unspecified atom stereocenters. The van der Waals surface area contributed by atoms with Crippen LogP contribution in [0.4, 0.5) is 5.69 Å². The molecule has 0 saturated carbocycles. The van der Waals surface area contributed by atoms with Crippen LogP contribution < -0.4 is 11.3 Å². The fourth-order valence-corrected chi connectivity index (χ4v) is 6.15. The summed E-state index contributed by atoms with van der Waals surface area (Å²) >= 11 is 1.83. The van der Waals surface area contributed by atoms with Gasteiger partial charge in [0, 0.05) is 28.0 Å². The van der Waals surface area contributed by atoms with Gasteiger partial charge in [-0.1, -0.05) is 141 Å². The normalized spacial score (nSPS) is 14.1. The number of hydrogen-bond acceptors (Lipinski definition) is 3. The molecule has 5 rings (SSSR count). The summed E-state index contributed by atoms with van der Waals surface area (Å²) in [6.45, 7) is 16.0. The van der Waals surface area contributed by atoms with Crippen molar-refractivity contribution in [2.24, 2.45) is 5.84 Å². The summed E-state index contributed by atoms with van der Waals surface area (Å²) in [7, 11) is 0. The van der Waals surface area contributed by atoms with Crippen molar-refractivity contribution < 1.29 is 0 Å². The molecule has 0 bridgehead atoms. The summed E-state index contributed by atoms with van der Waals surface area (Å²) < 4.78 is 2.35. The van der Waals surface area contributed by atoms with Gasteiger partial charge in [-0.15, -0.1) is 13.2 Å². The highest BCUT2D eigenvalue weighted by atomic mass is 32.2. The number of fused-ring (bicyclic) bond motifs is 4. The van der Waals surface area contributed by atoms with Crippen LogP contribution in [0.3, 0.4) is 0 Å². The summed E-state index contributed by atoms with van der Waals surface area (Å²) in [5, 5.41) is 2.44. The smallest absolute Gasteiger partial charge is 0.0922 e. The highest BCUT2D eigenvalue weighted by molar-refractivity contribution is 7.99. The molecule has 4 heteroatoms. The van der Waals surface area contributed by atoms with Gasteiger partial charge in [0.05, 0.1) is 16.2 Å². The maximum Gasteiger partial charge on any atom is 0.0922 e. The third-order valence-electron chi connectivity index (χ3n) is 6.83. The predicted molar refractivity (Wildman–Crippen MR) is 192 cm³/mol. The van der Waals surface area contributed by atoms with Crippen molar-refractivity contribution in [3.05, 3.63) is 163 Å². The van der Waals surface area contributed by atoms with Crippen LogP contribution in [0.1, 0.15) is 43.4 Å². The SMILES string of the molecule is C=C.C=C/C=C\C(=C/n1c2c(c3ccccc31)/C=C\Cc1ccccc1S2)C(/C=C\C=C/C)c1ccccc1NN.CC. The molecule has 3 aromatic carbocycles. The number of nitrogens with two attached hydrogens (primary N) is 1. The zero-order valence-electron chi connectivity index (χ0n) is 25.5. The van der Waals surface area contributed by atoms with Crippen molar-refractivity contribution in [1.82, 2.24) is 4.57 Å². The first-order valence-corrected chi connectivity index (χ1v) is 15.5. The third-order valence-corrected chi connectivity index (χ3v) is 8.05. The number of anilines is 1. The van der Waals surface area contributed by atoms with E-state index in [1.165, 1.54) is 32.0 Å². The van der Waals surface area contributed by atoms with Crippen molar-refractivity contribution in [2.75, 3.05) is 5.43 Å². The molecule has 1 atom stereocenters. The molecule has 1 aliphatic rings. The van der Waals surface area contributed by atoms with Gasteiger partial charge in [-0.25, -0.2) is 0 Å². The Morgan fingerprint density at radius 1 is 0.953 bits per heavy atom. The Balaban J connectivity index is 0.00000121. The molecule has 0 radical (unpaired) electrons. The predicted octanol–water partition coefficient (Wildman–Crippen LogP) is 11.0.